The van der Waals surface area contributed by atoms with Crippen LogP contribution in [0.25, 0.3) is 0 Å². The fraction of sp³-hybridized carbons (Fsp3) is 0.700. The highest BCUT2D eigenvalue weighted by Gasteiger charge is 2.36. The Morgan fingerprint density at radius 1 is 1.60 bits per heavy atom. The topological polar surface area (TPSA) is 71.4 Å². The Labute approximate surface area is 89.6 Å². The van der Waals surface area contributed by atoms with Crippen molar-refractivity contribution in [2.24, 2.45) is 11.8 Å². The third-order valence-electron chi connectivity index (χ3n) is 2.65. The molecule has 0 saturated carbocycles. The summed E-state index contributed by atoms with van der Waals surface area (Å²) in [7, 11) is -3.01. The normalized spacial score (nSPS) is 25.3. The predicted octanol–water partition coefficient (Wildman–Crippen LogP) is 0.535. The fourth-order valence-electron chi connectivity index (χ4n) is 1.81. The monoisotopic (exact) mass is 230 g/mol. The van der Waals surface area contributed by atoms with Crippen LogP contribution in [-0.2, 0) is 14.6 Å². The van der Waals surface area contributed by atoms with Gasteiger partial charge in [0.1, 0.15) is 0 Å². The molecule has 1 saturated heterocycles. The van der Waals surface area contributed by atoms with E-state index in [0.717, 1.165) is 0 Å². The summed E-state index contributed by atoms with van der Waals surface area (Å²) in [5.74, 6) is 3.59. The van der Waals surface area contributed by atoms with Gasteiger partial charge in [0.05, 0.1) is 17.4 Å². The maximum absolute atomic E-state index is 11.2. The van der Waals surface area contributed by atoms with E-state index in [2.05, 4.69) is 11.8 Å². The van der Waals surface area contributed by atoms with Gasteiger partial charge >= 0.3 is 5.97 Å². The van der Waals surface area contributed by atoms with Crippen molar-refractivity contribution < 1.29 is 18.3 Å². The Morgan fingerprint density at radius 2 is 2.27 bits per heavy atom. The average Bonchev–Trinajstić information content (AvgIpc) is 2.46. The second kappa shape index (κ2) is 4.67. The lowest BCUT2D eigenvalue weighted by molar-refractivity contribution is -0.143. The Kier molecular flexibility index (Phi) is 3.75. The first kappa shape index (κ1) is 12.1. The van der Waals surface area contributed by atoms with Gasteiger partial charge in [-0.3, -0.25) is 4.79 Å². The Balaban J connectivity index is 2.73. The van der Waals surface area contributed by atoms with E-state index >= 15 is 0 Å². The number of hydrogen-bond acceptors (Lipinski definition) is 3. The van der Waals surface area contributed by atoms with Crippen molar-refractivity contribution in [1.82, 2.24) is 0 Å². The molecule has 1 aliphatic rings. The van der Waals surface area contributed by atoms with E-state index < -0.39 is 21.7 Å². The van der Waals surface area contributed by atoms with Gasteiger partial charge in [0, 0.05) is 6.42 Å². The number of carboxylic acids is 1. The molecule has 15 heavy (non-hydrogen) atoms. The summed E-state index contributed by atoms with van der Waals surface area (Å²) >= 11 is 0. The van der Waals surface area contributed by atoms with Gasteiger partial charge in [-0.15, -0.1) is 11.8 Å². The molecule has 0 aromatic heterocycles. The highest BCUT2D eigenvalue weighted by Crippen LogP contribution is 2.28. The molecule has 0 aromatic rings. The lowest BCUT2D eigenvalue weighted by atomic mass is 9.89. The molecule has 0 amide bonds. The minimum atomic E-state index is -3.01. The third-order valence-corrected chi connectivity index (χ3v) is 4.45. The van der Waals surface area contributed by atoms with Gasteiger partial charge in [0.25, 0.3) is 0 Å². The summed E-state index contributed by atoms with van der Waals surface area (Å²) < 4.78 is 22.4. The van der Waals surface area contributed by atoms with E-state index in [-0.39, 0.29) is 23.8 Å². The molecule has 5 heteroatoms. The molecule has 0 bridgehead atoms. The van der Waals surface area contributed by atoms with Crippen molar-refractivity contribution in [3.05, 3.63) is 0 Å². The van der Waals surface area contributed by atoms with Crippen molar-refractivity contribution >= 4 is 15.8 Å². The van der Waals surface area contributed by atoms with Crippen LogP contribution < -0.4 is 0 Å². The van der Waals surface area contributed by atoms with Crippen LogP contribution in [0.1, 0.15) is 19.8 Å². The van der Waals surface area contributed by atoms with Gasteiger partial charge in [-0.05, 0) is 19.3 Å². The molecule has 2 unspecified atom stereocenters. The number of sulfone groups is 1. The zero-order chi connectivity index (χ0) is 11.5. The van der Waals surface area contributed by atoms with Crippen LogP contribution in [0.2, 0.25) is 0 Å². The molecule has 1 rings (SSSR count). The average molecular weight is 230 g/mol. The van der Waals surface area contributed by atoms with Crippen LogP contribution in [0.5, 0.6) is 0 Å². The lowest BCUT2D eigenvalue weighted by Gasteiger charge is -2.14. The zero-order valence-corrected chi connectivity index (χ0v) is 9.38. The van der Waals surface area contributed by atoms with Gasteiger partial charge in [0.2, 0.25) is 0 Å². The number of rotatable bonds is 3. The van der Waals surface area contributed by atoms with E-state index in [4.69, 9.17) is 5.11 Å². The predicted molar refractivity (Wildman–Crippen MR) is 56.0 cm³/mol. The summed E-state index contributed by atoms with van der Waals surface area (Å²) in [5.41, 5.74) is 0. The first-order valence-electron chi connectivity index (χ1n) is 4.79. The summed E-state index contributed by atoms with van der Waals surface area (Å²) in [5, 5.41) is 8.97. The molecule has 1 heterocycles. The van der Waals surface area contributed by atoms with Gasteiger partial charge < -0.3 is 5.11 Å². The van der Waals surface area contributed by atoms with Crippen LogP contribution in [0.4, 0.5) is 0 Å². The van der Waals surface area contributed by atoms with Crippen LogP contribution >= 0.6 is 0 Å². The fourth-order valence-corrected chi connectivity index (χ4v) is 3.69. The van der Waals surface area contributed by atoms with Gasteiger partial charge in [0.15, 0.2) is 9.84 Å². The van der Waals surface area contributed by atoms with Crippen molar-refractivity contribution in [3.8, 4) is 11.8 Å². The first-order valence-corrected chi connectivity index (χ1v) is 6.61. The van der Waals surface area contributed by atoms with E-state index in [1.165, 1.54) is 0 Å². The lowest BCUT2D eigenvalue weighted by Crippen LogP contribution is -2.24. The number of carbonyl (C=O) groups is 1. The molecule has 84 valence electrons. The molecule has 1 N–H and O–H groups in total. The second-order valence-electron chi connectivity index (χ2n) is 3.74. The van der Waals surface area contributed by atoms with E-state index in [1.807, 2.05) is 0 Å². The summed E-state index contributed by atoms with van der Waals surface area (Å²) in [6.07, 6.45) is 0.691. The van der Waals surface area contributed by atoms with Crippen LogP contribution in [0.3, 0.4) is 0 Å². The largest absolute Gasteiger partial charge is 0.481 e. The van der Waals surface area contributed by atoms with Crippen LogP contribution in [0, 0.1) is 23.7 Å². The first-order chi connectivity index (χ1) is 6.96. The maximum Gasteiger partial charge on any atom is 0.307 e. The highest BCUT2D eigenvalue weighted by molar-refractivity contribution is 7.91. The molecular weight excluding hydrogens is 216 g/mol. The molecule has 0 spiro atoms. The quantitative estimate of drug-likeness (QED) is 0.718. The summed E-state index contributed by atoms with van der Waals surface area (Å²) in [6, 6.07) is 0. The highest BCUT2D eigenvalue weighted by atomic mass is 32.2. The maximum atomic E-state index is 11.2. The molecule has 4 nitrogen and oxygen atoms in total. The Hall–Kier alpha value is -1.02. The minimum Gasteiger partial charge on any atom is -0.481 e. The number of aliphatic carboxylic acids is 1. The van der Waals surface area contributed by atoms with Crippen LogP contribution in [0.15, 0.2) is 0 Å². The molecule has 1 fully saturated rings. The minimum absolute atomic E-state index is 0.00460. The van der Waals surface area contributed by atoms with Crippen LogP contribution in [-0.4, -0.2) is 31.0 Å². The molecule has 0 aromatic carbocycles. The molecule has 1 aliphatic heterocycles. The Morgan fingerprint density at radius 3 is 2.67 bits per heavy atom. The third kappa shape index (κ3) is 3.24. The van der Waals surface area contributed by atoms with Gasteiger partial charge in [-0.2, -0.15) is 0 Å². The van der Waals surface area contributed by atoms with Crippen molar-refractivity contribution in [1.29, 1.82) is 0 Å². The SMILES string of the molecule is CC#CCC(C(=O)O)C1CCS(=O)(=O)C1. The van der Waals surface area contributed by atoms with E-state index in [1.54, 1.807) is 6.92 Å². The van der Waals surface area contributed by atoms with E-state index in [0.29, 0.717) is 6.42 Å². The van der Waals surface area contributed by atoms with Crippen molar-refractivity contribution in [3.63, 3.8) is 0 Å². The molecule has 0 aliphatic carbocycles. The molecule has 2 atom stereocenters. The van der Waals surface area contributed by atoms with E-state index in [9.17, 15) is 13.2 Å². The van der Waals surface area contributed by atoms with Crippen molar-refractivity contribution in [2.75, 3.05) is 11.5 Å². The standard InChI is InChI=1S/C10H14O4S/c1-2-3-4-9(10(11)12)8-5-6-15(13,14)7-8/h8-9H,4-7H2,1H3,(H,11,12). The molecular formula is C10H14O4S. The molecule has 0 radical (unpaired) electrons. The number of carboxylic acid groups (broad SMARTS) is 1. The Bertz CT molecular complexity index is 399. The zero-order valence-electron chi connectivity index (χ0n) is 8.56. The smallest absolute Gasteiger partial charge is 0.307 e. The van der Waals surface area contributed by atoms with Gasteiger partial charge in [-0.25, -0.2) is 8.42 Å². The van der Waals surface area contributed by atoms with Crippen molar-refractivity contribution in [2.45, 2.75) is 19.8 Å². The number of hydrogen-bond donors (Lipinski definition) is 1. The summed E-state index contributed by atoms with van der Waals surface area (Å²) in [4.78, 5) is 10.9. The second-order valence-corrected chi connectivity index (χ2v) is 5.97. The summed E-state index contributed by atoms with van der Waals surface area (Å²) in [6.45, 7) is 1.64. The van der Waals surface area contributed by atoms with Gasteiger partial charge in [-0.1, -0.05) is 0 Å².